The number of halogens is 1. The van der Waals surface area contributed by atoms with E-state index in [0.29, 0.717) is 50.4 Å². The maximum Gasteiger partial charge on any atom is 0.257 e. The van der Waals surface area contributed by atoms with Gasteiger partial charge in [-0.15, -0.1) is 0 Å². The average molecular weight is 526 g/mol. The van der Waals surface area contributed by atoms with E-state index in [-0.39, 0.29) is 36.0 Å². The predicted molar refractivity (Wildman–Crippen MR) is 135 cm³/mol. The number of piperidine rings is 1. The molecule has 2 atom stereocenters. The maximum atomic E-state index is 13.9. The molecule has 3 aliphatic heterocycles. The second-order valence-electron chi connectivity index (χ2n) is 9.86. The molecule has 3 fully saturated rings. The average Bonchev–Trinajstić information content (AvgIpc) is 3.60. The van der Waals surface area contributed by atoms with E-state index < -0.39 is 17.6 Å². The summed E-state index contributed by atoms with van der Waals surface area (Å²) >= 11 is 0. The van der Waals surface area contributed by atoms with Crippen LogP contribution in [0.3, 0.4) is 0 Å². The Labute approximate surface area is 220 Å². The van der Waals surface area contributed by atoms with E-state index >= 15 is 0 Å². The molecule has 202 valence electrons. The molecule has 0 unspecified atom stereocenters. The van der Waals surface area contributed by atoms with Gasteiger partial charge in [-0.2, -0.15) is 0 Å². The van der Waals surface area contributed by atoms with Crippen molar-refractivity contribution >= 4 is 17.7 Å². The summed E-state index contributed by atoms with van der Waals surface area (Å²) in [7, 11) is 1.52. The zero-order valence-electron chi connectivity index (χ0n) is 21.4. The molecule has 0 saturated carbocycles. The van der Waals surface area contributed by atoms with Gasteiger partial charge in [-0.25, -0.2) is 4.39 Å². The lowest BCUT2D eigenvalue weighted by molar-refractivity contribution is -0.128. The molecule has 0 bridgehead atoms. The first-order valence-corrected chi connectivity index (χ1v) is 13.0. The van der Waals surface area contributed by atoms with Gasteiger partial charge < -0.3 is 24.4 Å². The Bertz CT molecular complexity index is 1190. The monoisotopic (exact) mass is 525 g/mol. The van der Waals surface area contributed by atoms with E-state index in [0.717, 1.165) is 12.8 Å². The molecule has 38 heavy (non-hydrogen) atoms. The van der Waals surface area contributed by atoms with Crippen molar-refractivity contribution in [2.75, 3.05) is 40.0 Å². The quantitative estimate of drug-likeness (QED) is 0.623. The van der Waals surface area contributed by atoms with Crippen LogP contribution in [0.4, 0.5) is 4.39 Å². The minimum atomic E-state index is -1.05. The second kappa shape index (κ2) is 11.1. The van der Waals surface area contributed by atoms with Crippen molar-refractivity contribution in [2.45, 2.75) is 43.6 Å². The Morgan fingerprint density at radius 1 is 1.08 bits per heavy atom. The van der Waals surface area contributed by atoms with E-state index in [9.17, 15) is 18.8 Å². The van der Waals surface area contributed by atoms with Crippen molar-refractivity contribution in [3.63, 3.8) is 0 Å². The zero-order valence-corrected chi connectivity index (χ0v) is 21.4. The third-order valence-electron chi connectivity index (χ3n) is 7.53. The van der Waals surface area contributed by atoms with Crippen molar-refractivity contribution in [3.8, 4) is 5.75 Å². The number of likely N-dealkylation sites (tertiary alicyclic amines) is 1. The van der Waals surface area contributed by atoms with Gasteiger partial charge in [0, 0.05) is 50.2 Å². The molecule has 0 radical (unpaired) electrons. The first kappa shape index (κ1) is 26.1. The summed E-state index contributed by atoms with van der Waals surface area (Å²) in [5, 5.41) is 2.94. The number of carbonyl (C=O) groups excluding carboxylic acids is 3. The minimum absolute atomic E-state index is 0.0326. The highest BCUT2D eigenvalue weighted by Crippen LogP contribution is 2.39. The van der Waals surface area contributed by atoms with E-state index in [1.165, 1.54) is 30.2 Å². The topological polar surface area (TPSA) is 97.4 Å². The summed E-state index contributed by atoms with van der Waals surface area (Å²) in [6.45, 7) is 1.69. The number of carbonyl (C=O) groups is 3. The molecule has 1 spiro atoms. The number of nitrogens with zero attached hydrogens (tertiary/aromatic N) is 2. The summed E-state index contributed by atoms with van der Waals surface area (Å²) < 4.78 is 30.8. The molecule has 3 saturated heterocycles. The molecule has 5 rings (SSSR count). The van der Waals surface area contributed by atoms with E-state index in [4.69, 9.17) is 14.2 Å². The Kier molecular flexibility index (Phi) is 7.62. The lowest BCUT2D eigenvalue weighted by Gasteiger charge is -2.44. The van der Waals surface area contributed by atoms with Gasteiger partial charge in [-0.1, -0.05) is 12.1 Å². The SMILES string of the molecule is COc1cccc(C(=O)N2[C@H](C(=O)NC[C@@H]3CCCO3)COC23CCN(C(=O)c2cccc(F)c2)CC3)c1. The third kappa shape index (κ3) is 5.23. The van der Waals surface area contributed by atoms with E-state index in [1.54, 1.807) is 35.2 Å². The lowest BCUT2D eigenvalue weighted by atomic mass is 9.96. The fourth-order valence-electron chi connectivity index (χ4n) is 5.46. The number of hydrogen-bond acceptors (Lipinski definition) is 6. The first-order valence-electron chi connectivity index (χ1n) is 13.0. The fourth-order valence-corrected chi connectivity index (χ4v) is 5.46. The van der Waals surface area contributed by atoms with Crippen LogP contribution in [0.5, 0.6) is 5.75 Å². The van der Waals surface area contributed by atoms with Crippen LogP contribution in [0.2, 0.25) is 0 Å². The van der Waals surface area contributed by atoms with E-state index in [1.807, 2.05) is 0 Å². The predicted octanol–water partition coefficient (Wildman–Crippen LogP) is 2.60. The van der Waals surface area contributed by atoms with Crippen LogP contribution >= 0.6 is 0 Å². The number of benzene rings is 2. The summed E-state index contributed by atoms with van der Waals surface area (Å²) in [4.78, 5) is 43.4. The standard InChI is InChI=1S/C28H32FN3O6/c1-36-22-8-3-6-20(16-22)27(35)32-24(25(33)30-17-23-9-4-14-37-23)18-38-28(32)10-12-31(13-11-28)26(34)19-5-2-7-21(29)15-19/h2-3,5-8,15-16,23-24H,4,9-14,17-18H2,1H3,(H,30,33)/t23-,24-/m0/s1. The van der Waals surface area contributed by atoms with Crippen molar-refractivity contribution in [2.24, 2.45) is 0 Å². The summed E-state index contributed by atoms with van der Waals surface area (Å²) in [5.74, 6) is -0.875. The number of methoxy groups -OCH3 is 1. The highest BCUT2D eigenvalue weighted by molar-refractivity contribution is 5.99. The number of hydrogen-bond donors (Lipinski definition) is 1. The van der Waals surface area contributed by atoms with Crippen LogP contribution < -0.4 is 10.1 Å². The number of ether oxygens (including phenoxy) is 3. The molecule has 3 aliphatic rings. The van der Waals surface area contributed by atoms with Crippen molar-refractivity contribution in [1.29, 1.82) is 0 Å². The Morgan fingerprint density at radius 2 is 1.82 bits per heavy atom. The van der Waals surface area contributed by atoms with Crippen LogP contribution in [0, 0.1) is 5.82 Å². The van der Waals surface area contributed by atoms with Gasteiger partial charge in [0.25, 0.3) is 11.8 Å². The molecule has 3 amide bonds. The zero-order chi connectivity index (χ0) is 26.7. The maximum absolute atomic E-state index is 13.9. The van der Waals surface area contributed by atoms with E-state index in [2.05, 4.69) is 5.32 Å². The van der Waals surface area contributed by atoms with Crippen LogP contribution in [0.1, 0.15) is 46.4 Å². The van der Waals surface area contributed by atoms with Crippen LogP contribution in [-0.4, -0.2) is 85.3 Å². The molecule has 0 aliphatic carbocycles. The molecular formula is C28H32FN3O6. The fraction of sp³-hybridized carbons (Fsp3) is 0.464. The lowest BCUT2D eigenvalue weighted by Crippen LogP contribution is -2.60. The van der Waals surface area contributed by atoms with Crippen molar-refractivity contribution < 1.29 is 33.0 Å². The molecule has 9 nitrogen and oxygen atoms in total. The highest BCUT2D eigenvalue weighted by atomic mass is 19.1. The van der Waals surface area contributed by atoms with Gasteiger partial charge in [-0.3, -0.25) is 19.3 Å². The van der Waals surface area contributed by atoms with Gasteiger partial charge >= 0.3 is 0 Å². The van der Waals surface area contributed by atoms with Gasteiger partial charge in [0.15, 0.2) is 0 Å². The Balaban J connectivity index is 1.36. The number of amides is 3. The largest absolute Gasteiger partial charge is 0.497 e. The third-order valence-corrected chi connectivity index (χ3v) is 7.53. The minimum Gasteiger partial charge on any atom is -0.497 e. The summed E-state index contributed by atoms with van der Waals surface area (Å²) in [6.07, 6.45) is 2.45. The number of rotatable bonds is 6. The van der Waals surface area contributed by atoms with Crippen LogP contribution in [0.15, 0.2) is 48.5 Å². The molecule has 0 aromatic heterocycles. The summed E-state index contributed by atoms with van der Waals surface area (Å²) in [6, 6.07) is 11.5. The molecule has 1 N–H and O–H groups in total. The summed E-state index contributed by atoms with van der Waals surface area (Å²) in [5.41, 5.74) is -0.404. The molecular weight excluding hydrogens is 493 g/mol. The van der Waals surface area contributed by atoms with Gasteiger partial charge in [0.2, 0.25) is 5.91 Å². The van der Waals surface area contributed by atoms with Crippen molar-refractivity contribution in [1.82, 2.24) is 15.1 Å². The normalized spacial score (nSPS) is 22.5. The Hall–Kier alpha value is -3.50. The smallest absolute Gasteiger partial charge is 0.257 e. The first-order chi connectivity index (χ1) is 18.4. The molecule has 2 aromatic carbocycles. The molecule has 10 heteroatoms. The highest BCUT2D eigenvalue weighted by Gasteiger charge is 2.54. The molecule has 3 heterocycles. The van der Waals surface area contributed by atoms with Crippen molar-refractivity contribution in [3.05, 3.63) is 65.5 Å². The Morgan fingerprint density at radius 3 is 2.50 bits per heavy atom. The van der Waals surface area contributed by atoms with Crippen LogP contribution in [-0.2, 0) is 14.3 Å². The molecule has 2 aromatic rings. The van der Waals surface area contributed by atoms with Gasteiger partial charge in [0.05, 0.1) is 19.8 Å². The number of nitrogens with one attached hydrogen (secondary N) is 1. The second-order valence-corrected chi connectivity index (χ2v) is 9.86. The van der Waals surface area contributed by atoms with Crippen LogP contribution in [0.25, 0.3) is 0 Å². The van der Waals surface area contributed by atoms with Gasteiger partial charge in [-0.05, 0) is 49.2 Å². The van der Waals surface area contributed by atoms with Gasteiger partial charge in [0.1, 0.15) is 23.3 Å².